The van der Waals surface area contributed by atoms with E-state index in [2.05, 4.69) is 5.32 Å². The van der Waals surface area contributed by atoms with Crippen LogP contribution >= 0.6 is 46.1 Å². The van der Waals surface area contributed by atoms with Crippen LogP contribution in [0.2, 0.25) is 14.4 Å². The molecule has 19 heavy (non-hydrogen) atoms. The van der Waals surface area contributed by atoms with Gasteiger partial charge in [-0.2, -0.15) is 0 Å². The number of benzene rings is 1. The van der Waals surface area contributed by atoms with Gasteiger partial charge in [0.15, 0.2) is 0 Å². The van der Waals surface area contributed by atoms with E-state index in [4.69, 9.17) is 39.5 Å². The predicted molar refractivity (Wildman–Crippen MR) is 82.9 cm³/mol. The Morgan fingerprint density at radius 1 is 1.21 bits per heavy atom. The van der Waals surface area contributed by atoms with E-state index in [1.54, 1.807) is 6.07 Å². The highest BCUT2D eigenvalue weighted by Gasteiger charge is 2.11. The first-order valence-electron chi connectivity index (χ1n) is 5.59. The Hall–Kier alpha value is -0.450. The van der Waals surface area contributed by atoms with Gasteiger partial charge in [-0.3, -0.25) is 0 Å². The zero-order valence-corrected chi connectivity index (χ0v) is 13.3. The third kappa shape index (κ3) is 4.01. The van der Waals surface area contributed by atoms with Gasteiger partial charge in [0.25, 0.3) is 0 Å². The second-order valence-corrected chi connectivity index (χ2v) is 6.54. The van der Waals surface area contributed by atoms with Crippen molar-refractivity contribution in [1.29, 1.82) is 0 Å². The molecule has 6 heteroatoms. The number of nitrogens with one attached hydrogen (secondary N) is 1. The molecule has 102 valence electrons. The van der Waals surface area contributed by atoms with Crippen molar-refractivity contribution in [3.8, 4) is 5.75 Å². The molecule has 1 heterocycles. The minimum atomic E-state index is 0.440. The second-order valence-electron chi connectivity index (χ2n) is 3.90. The van der Waals surface area contributed by atoms with E-state index in [1.807, 2.05) is 25.2 Å². The molecule has 1 aromatic carbocycles. The summed E-state index contributed by atoms with van der Waals surface area (Å²) in [5.41, 5.74) is 0.933. The van der Waals surface area contributed by atoms with Crippen molar-refractivity contribution >= 4 is 46.1 Å². The highest BCUT2D eigenvalue weighted by Crippen LogP contribution is 2.33. The highest BCUT2D eigenvalue weighted by atomic mass is 35.5. The Kier molecular flexibility index (Phi) is 5.37. The third-order valence-electron chi connectivity index (χ3n) is 2.44. The van der Waals surface area contributed by atoms with E-state index in [9.17, 15) is 0 Å². The number of hydrogen-bond donors (Lipinski definition) is 1. The maximum atomic E-state index is 6.18. The van der Waals surface area contributed by atoms with Crippen LogP contribution in [-0.4, -0.2) is 7.05 Å². The standard InChI is InChI=1S/C13H12Cl3NOS/c1-17-6-8-4-9(14)5-11(15)13(8)18-7-10-2-3-12(16)19-10/h2-5,17H,6-7H2,1H3. The largest absolute Gasteiger partial charge is 0.486 e. The lowest BCUT2D eigenvalue weighted by Crippen LogP contribution is -2.08. The maximum absolute atomic E-state index is 6.18. The predicted octanol–water partition coefficient (Wildman–Crippen LogP) is 5.01. The van der Waals surface area contributed by atoms with Crippen molar-refractivity contribution in [1.82, 2.24) is 5.32 Å². The van der Waals surface area contributed by atoms with Gasteiger partial charge in [0.1, 0.15) is 12.4 Å². The molecule has 1 aromatic heterocycles. The molecule has 0 fully saturated rings. The molecular formula is C13H12Cl3NOS. The first-order valence-corrected chi connectivity index (χ1v) is 7.54. The summed E-state index contributed by atoms with van der Waals surface area (Å²) in [5, 5.41) is 4.18. The van der Waals surface area contributed by atoms with Gasteiger partial charge in [-0.15, -0.1) is 11.3 Å². The number of rotatable bonds is 5. The van der Waals surface area contributed by atoms with Gasteiger partial charge >= 0.3 is 0 Å². The smallest absolute Gasteiger partial charge is 0.143 e. The molecule has 0 saturated carbocycles. The summed E-state index contributed by atoms with van der Waals surface area (Å²) >= 11 is 19.6. The van der Waals surface area contributed by atoms with Crippen molar-refractivity contribution < 1.29 is 4.74 Å². The van der Waals surface area contributed by atoms with E-state index >= 15 is 0 Å². The summed E-state index contributed by atoms with van der Waals surface area (Å²) in [6, 6.07) is 7.32. The molecule has 0 atom stereocenters. The van der Waals surface area contributed by atoms with Gasteiger partial charge in [0.05, 0.1) is 9.36 Å². The Bertz CT molecular complexity index is 571. The molecule has 2 nitrogen and oxygen atoms in total. The van der Waals surface area contributed by atoms with Crippen LogP contribution in [0, 0.1) is 0 Å². The monoisotopic (exact) mass is 335 g/mol. The Labute approximate surface area is 131 Å². The summed E-state index contributed by atoms with van der Waals surface area (Å²) in [4.78, 5) is 1.05. The van der Waals surface area contributed by atoms with E-state index in [1.165, 1.54) is 11.3 Å². The fourth-order valence-electron chi connectivity index (χ4n) is 1.67. The van der Waals surface area contributed by atoms with Crippen LogP contribution in [0.25, 0.3) is 0 Å². The minimum Gasteiger partial charge on any atom is -0.486 e. The molecule has 0 aliphatic heterocycles. The molecular weight excluding hydrogens is 325 g/mol. The topological polar surface area (TPSA) is 21.3 Å². The Balaban J connectivity index is 2.18. The number of thiophene rings is 1. The molecule has 0 spiro atoms. The average Bonchev–Trinajstić information content (AvgIpc) is 2.74. The molecule has 0 amide bonds. The summed E-state index contributed by atoms with van der Waals surface area (Å²) in [5.74, 6) is 0.657. The SMILES string of the molecule is CNCc1cc(Cl)cc(Cl)c1OCc1ccc(Cl)s1. The molecule has 0 bridgehead atoms. The van der Waals surface area contributed by atoms with Gasteiger partial charge in [-0.1, -0.05) is 34.8 Å². The van der Waals surface area contributed by atoms with Crippen LogP contribution in [0.4, 0.5) is 0 Å². The van der Waals surface area contributed by atoms with Crippen molar-refractivity contribution in [2.24, 2.45) is 0 Å². The number of hydrogen-bond acceptors (Lipinski definition) is 3. The molecule has 0 aliphatic carbocycles. The molecule has 0 radical (unpaired) electrons. The van der Waals surface area contributed by atoms with Crippen molar-refractivity contribution in [2.45, 2.75) is 13.2 Å². The van der Waals surface area contributed by atoms with Gasteiger partial charge < -0.3 is 10.1 Å². The van der Waals surface area contributed by atoms with Crippen molar-refractivity contribution in [2.75, 3.05) is 7.05 Å². The van der Waals surface area contributed by atoms with Crippen LogP contribution in [0.5, 0.6) is 5.75 Å². The zero-order chi connectivity index (χ0) is 13.8. The molecule has 0 aliphatic rings. The summed E-state index contributed by atoms with van der Waals surface area (Å²) < 4.78 is 6.54. The fourth-order valence-corrected chi connectivity index (χ4v) is 3.26. The highest BCUT2D eigenvalue weighted by molar-refractivity contribution is 7.16. The summed E-state index contributed by atoms with van der Waals surface area (Å²) in [6.45, 7) is 1.08. The maximum Gasteiger partial charge on any atom is 0.143 e. The fraction of sp³-hybridized carbons (Fsp3) is 0.231. The lowest BCUT2D eigenvalue weighted by atomic mass is 10.2. The van der Waals surface area contributed by atoms with Crippen LogP contribution in [-0.2, 0) is 13.2 Å². The first kappa shape index (κ1) is 14.9. The first-order chi connectivity index (χ1) is 9.10. The summed E-state index contributed by atoms with van der Waals surface area (Å²) in [6.07, 6.45) is 0. The number of ether oxygens (including phenoxy) is 1. The van der Waals surface area contributed by atoms with E-state index in [-0.39, 0.29) is 0 Å². The lowest BCUT2D eigenvalue weighted by molar-refractivity contribution is 0.306. The van der Waals surface area contributed by atoms with Gasteiger partial charge in [-0.05, 0) is 31.3 Å². The van der Waals surface area contributed by atoms with Crippen LogP contribution in [0.3, 0.4) is 0 Å². The van der Waals surface area contributed by atoms with Crippen LogP contribution in [0.1, 0.15) is 10.4 Å². The van der Waals surface area contributed by atoms with Crippen LogP contribution < -0.4 is 10.1 Å². The molecule has 0 unspecified atom stereocenters. The van der Waals surface area contributed by atoms with Crippen molar-refractivity contribution in [3.63, 3.8) is 0 Å². The van der Waals surface area contributed by atoms with E-state index in [0.29, 0.717) is 28.9 Å². The lowest BCUT2D eigenvalue weighted by Gasteiger charge is -2.13. The van der Waals surface area contributed by atoms with E-state index < -0.39 is 0 Å². The van der Waals surface area contributed by atoms with Crippen molar-refractivity contribution in [3.05, 3.63) is 49.1 Å². The molecule has 2 aromatic rings. The Morgan fingerprint density at radius 3 is 2.63 bits per heavy atom. The number of halogens is 3. The van der Waals surface area contributed by atoms with Gasteiger partial charge in [-0.25, -0.2) is 0 Å². The Morgan fingerprint density at radius 2 is 2.00 bits per heavy atom. The van der Waals surface area contributed by atoms with Gasteiger partial charge in [0.2, 0.25) is 0 Å². The summed E-state index contributed by atoms with van der Waals surface area (Å²) in [7, 11) is 1.86. The molecule has 1 N–H and O–H groups in total. The minimum absolute atomic E-state index is 0.440. The average molecular weight is 337 g/mol. The second kappa shape index (κ2) is 6.82. The third-order valence-corrected chi connectivity index (χ3v) is 4.14. The quantitative estimate of drug-likeness (QED) is 0.829. The van der Waals surface area contributed by atoms with E-state index in [0.717, 1.165) is 14.8 Å². The molecule has 2 rings (SSSR count). The normalized spacial score (nSPS) is 10.7. The zero-order valence-electron chi connectivity index (χ0n) is 10.2. The molecule has 0 saturated heterocycles. The van der Waals surface area contributed by atoms with Gasteiger partial charge in [0, 0.05) is 22.0 Å². The van der Waals surface area contributed by atoms with Crippen LogP contribution in [0.15, 0.2) is 24.3 Å².